The van der Waals surface area contributed by atoms with Gasteiger partial charge < -0.3 is 9.47 Å². The third kappa shape index (κ3) is 6.56. The highest BCUT2D eigenvalue weighted by Gasteiger charge is 2.71. The summed E-state index contributed by atoms with van der Waals surface area (Å²) in [5.41, 5.74) is -4.98. The lowest BCUT2D eigenvalue weighted by Gasteiger charge is -2.36. The Kier molecular flexibility index (Phi) is 7.24. The Balaban J connectivity index is 5.38. The average molecular weight is 402 g/mol. The molecule has 0 spiro atoms. The summed E-state index contributed by atoms with van der Waals surface area (Å²) in [6, 6.07) is 0. The molecule has 1 atom stereocenters. The van der Waals surface area contributed by atoms with E-state index >= 15 is 0 Å². The summed E-state index contributed by atoms with van der Waals surface area (Å²) in [6.07, 6.45) is -31.6. The fourth-order valence-corrected chi connectivity index (χ4v) is 1.51. The number of hydrogen-bond acceptors (Lipinski definition) is 2. The van der Waals surface area contributed by atoms with E-state index in [0.717, 1.165) is 0 Å². The Bertz CT molecular complexity index is 416. The maximum absolute atomic E-state index is 12.7. The van der Waals surface area contributed by atoms with E-state index in [9.17, 15) is 52.7 Å². The lowest BCUT2D eigenvalue weighted by Crippen LogP contribution is -2.59. The molecule has 0 bridgehead atoms. The SMILES string of the molecule is C=CCC(OCOC(CC(F)(F)F)C(F)(F)F)(C(F)(F)F)C(F)(F)F. The zero-order chi connectivity index (χ0) is 20.3. The van der Waals surface area contributed by atoms with Gasteiger partial charge in [-0.05, 0) is 0 Å². The van der Waals surface area contributed by atoms with Crippen molar-refractivity contribution >= 4 is 0 Å². The predicted octanol–water partition coefficient (Wildman–Crippen LogP) is 5.30. The molecule has 0 radical (unpaired) electrons. The molecule has 0 rings (SSSR count). The van der Waals surface area contributed by atoms with E-state index in [4.69, 9.17) is 0 Å². The van der Waals surface area contributed by atoms with Crippen LogP contribution in [0.1, 0.15) is 12.8 Å². The van der Waals surface area contributed by atoms with Gasteiger partial charge in [-0.2, -0.15) is 52.7 Å². The second kappa shape index (κ2) is 7.60. The predicted molar refractivity (Wildman–Crippen MR) is 57.2 cm³/mol. The summed E-state index contributed by atoms with van der Waals surface area (Å²) in [5.74, 6) is 0. The molecule has 0 N–H and O–H groups in total. The highest BCUT2D eigenvalue weighted by molar-refractivity contribution is 5.00. The van der Waals surface area contributed by atoms with E-state index in [1.807, 2.05) is 0 Å². The van der Waals surface area contributed by atoms with Crippen LogP contribution in [0, 0.1) is 0 Å². The van der Waals surface area contributed by atoms with Gasteiger partial charge in [-0.1, -0.05) is 6.08 Å². The quantitative estimate of drug-likeness (QED) is 0.327. The Morgan fingerprint density at radius 2 is 1.24 bits per heavy atom. The molecule has 1 unspecified atom stereocenters. The molecule has 14 heteroatoms. The van der Waals surface area contributed by atoms with Crippen LogP contribution in [-0.4, -0.2) is 43.2 Å². The van der Waals surface area contributed by atoms with Crippen LogP contribution in [-0.2, 0) is 9.47 Å². The van der Waals surface area contributed by atoms with Gasteiger partial charge in [0.25, 0.3) is 5.60 Å². The van der Waals surface area contributed by atoms with Gasteiger partial charge in [-0.25, -0.2) is 0 Å². The van der Waals surface area contributed by atoms with Gasteiger partial charge in [0.15, 0.2) is 6.10 Å². The third-order valence-corrected chi connectivity index (χ3v) is 2.70. The Morgan fingerprint density at radius 1 is 0.800 bits per heavy atom. The van der Waals surface area contributed by atoms with E-state index in [-0.39, 0.29) is 6.08 Å². The first kappa shape index (κ1) is 23.8. The molecule has 0 aromatic carbocycles. The maximum Gasteiger partial charge on any atom is 0.426 e. The third-order valence-electron chi connectivity index (χ3n) is 2.70. The highest BCUT2D eigenvalue weighted by atomic mass is 19.4. The van der Waals surface area contributed by atoms with Crippen molar-refractivity contribution in [2.75, 3.05) is 6.79 Å². The standard InChI is InChI=1S/C11H10F12O2/c1-2-3-7(10(18,19)20,11(21,22)23)25-5-24-6(9(15,16)17)4-8(12,13)14/h2,6H,1,3-5H2. The summed E-state index contributed by atoms with van der Waals surface area (Å²) in [4.78, 5) is 0. The first-order valence-corrected chi connectivity index (χ1v) is 6.01. The van der Waals surface area contributed by atoms with Crippen molar-refractivity contribution in [2.45, 2.75) is 49.3 Å². The van der Waals surface area contributed by atoms with Crippen molar-refractivity contribution in [3.63, 3.8) is 0 Å². The van der Waals surface area contributed by atoms with Crippen molar-refractivity contribution in [1.82, 2.24) is 0 Å². The number of hydrogen-bond donors (Lipinski definition) is 0. The fourth-order valence-electron chi connectivity index (χ4n) is 1.51. The van der Waals surface area contributed by atoms with Gasteiger partial charge in [-0.3, -0.25) is 0 Å². The molecule has 0 aliphatic rings. The van der Waals surface area contributed by atoms with E-state index in [1.54, 1.807) is 0 Å². The first-order valence-electron chi connectivity index (χ1n) is 6.01. The van der Waals surface area contributed by atoms with Crippen LogP contribution >= 0.6 is 0 Å². The molecule has 2 nitrogen and oxygen atoms in total. The second-order valence-electron chi connectivity index (χ2n) is 4.59. The molecule has 0 aromatic rings. The van der Waals surface area contributed by atoms with Crippen LogP contribution in [0.3, 0.4) is 0 Å². The number of ether oxygens (including phenoxy) is 2. The minimum Gasteiger partial charge on any atom is -0.342 e. The number of halogens is 12. The van der Waals surface area contributed by atoms with E-state index in [0.29, 0.717) is 0 Å². The second-order valence-corrected chi connectivity index (χ2v) is 4.59. The Morgan fingerprint density at radius 3 is 1.52 bits per heavy atom. The molecule has 0 aliphatic carbocycles. The Hall–Kier alpha value is -1.18. The van der Waals surface area contributed by atoms with Crippen LogP contribution in [0.2, 0.25) is 0 Å². The zero-order valence-electron chi connectivity index (χ0n) is 11.8. The molecule has 0 saturated carbocycles. The normalized spacial score (nSPS) is 16.0. The fraction of sp³-hybridized carbons (Fsp3) is 0.818. The van der Waals surface area contributed by atoms with Crippen LogP contribution in [0.15, 0.2) is 12.7 Å². The molecule has 0 fully saturated rings. The highest BCUT2D eigenvalue weighted by Crippen LogP contribution is 2.48. The summed E-state index contributed by atoms with van der Waals surface area (Å²) in [6.45, 7) is 0.314. The van der Waals surface area contributed by atoms with Crippen molar-refractivity contribution < 1.29 is 62.2 Å². The lowest BCUT2D eigenvalue weighted by molar-refractivity contribution is -0.398. The van der Waals surface area contributed by atoms with Crippen molar-refractivity contribution in [3.05, 3.63) is 12.7 Å². The molecule has 0 amide bonds. The van der Waals surface area contributed by atoms with Gasteiger partial charge in [-0.15, -0.1) is 6.58 Å². The molecule has 0 aromatic heterocycles. The average Bonchev–Trinajstić information content (AvgIpc) is 2.30. The molecule has 25 heavy (non-hydrogen) atoms. The van der Waals surface area contributed by atoms with Crippen LogP contribution in [0.25, 0.3) is 0 Å². The van der Waals surface area contributed by atoms with Crippen LogP contribution in [0.4, 0.5) is 52.7 Å². The van der Waals surface area contributed by atoms with Gasteiger partial charge in [0.2, 0.25) is 0 Å². The van der Waals surface area contributed by atoms with Crippen molar-refractivity contribution in [3.8, 4) is 0 Å². The topological polar surface area (TPSA) is 18.5 Å². The largest absolute Gasteiger partial charge is 0.426 e. The molecule has 0 saturated heterocycles. The Labute approximate surface area is 132 Å². The first-order chi connectivity index (χ1) is 10.9. The molecule has 0 aliphatic heterocycles. The molecular formula is C11H10F12O2. The number of rotatable bonds is 7. The molecular weight excluding hydrogens is 392 g/mol. The minimum absolute atomic E-state index is 0.137. The molecule has 150 valence electrons. The summed E-state index contributed by atoms with van der Waals surface area (Å²) < 4.78 is 156. The summed E-state index contributed by atoms with van der Waals surface area (Å²) in [5, 5.41) is 0. The smallest absolute Gasteiger partial charge is 0.342 e. The van der Waals surface area contributed by atoms with E-state index in [2.05, 4.69) is 16.1 Å². The van der Waals surface area contributed by atoms with Gasteiger partial charge in [0.05, 0.1) is 6.42 Å². The zero-order valence-corrected chi connectivity index (χ0v) is 11.8. The summed E-state index contributed by atoms with van der Waals surface area (Å²) in [7, 11) is 0. The van der Waals surface area contributed by atoms with Crippen molar-refractivity contribution in [1.29, 1.82) is 0 Å². The minimum atomic E-state index is -6.15. The maximum atomic E-state index is 12.7. The molecule has 0 heterocycles. The van der Waals surface area contributed by atoms with E-state index < -0.39 is 56.0 Å². The van der Waals surface area contributed by atoms with Crippen LogP contribution in [0.5, 0.6) is 0 Å². The monoisotopic (exact) mass is 402 g/mol. The number of alkyl halides is 12. The van der Waals surface area contributed by atoms with E-state index in [1.165, 1.54) is 0 Å². The van der Waals surface area contributed by atoms with Crippen LogP contribution < -0.4 is 0 Å². The van der Waals surface area contributed by atoms with Gasteiger partial charge in [0, 0.05) is 6.42 Å². The van der Waals surface area contributed by atoms with Gasteiger partial charge >= 0.3 is 24.7 Å². The van der Waals surface area contributed by atoms with Gasteiger partial charge in [0.1, 0.15) is 6.79 Å². The lowest BCUT2D eigenvalue weighted by atomic mass is 9.98. The summed E-state index contributed by atoms with van der Waals surface area (Å²) >= 11 is 0. The van der Waals surface area contributed by atoms with Crippen molar-refractivity contribution in [2.24, 2.45) is 0 Å².